The van der Waals surface area contributed by atoms with Crippen LogP contribution in [0.15, 0.2) is 35.3 Å². The molecular formula is C21H34IN5S. The molecule has 0 saturated carbocycles. The molecule has 0 saturated heterocycles. The minimum atomic E-state index is -0.0730. The summed E-state index contributed by atoms with van der Waals surface area (Å²) >= 11 is 1.77. The normalized spacial score (nSPS) is 13.0. The maximum atomic E-state index is 4.59. The molecule has 2 aromatic rings. The van der Waals surface area contributed by atoms with E-state index in [0.29, 0.717) is 0 Å². The van der Waals surface area contributed by atoms with Crippen molar-refractivity contribution in [3.8, 4) is 0 Å². The zero-order valence-electron chi connectivity index (χ0n) is 17.8. The van der Waals surface area contributed by atoms with E-state index in [-0.39, 0.29) is 35.6 Å². The van der Waals surface area contributed by atoms with Crippen LogP contribution in [-0.2, 0) is 6.42 Å². The van der Waals surface area contributed by atoms with E-state index in [9.17, 15) is 0 Å². The van der Waals surface area contributed by atoms with Gasteiger partial charge in [0.15, 0.2) is 5.96 Å². The summed E-state index contributed by atoms with van der Waals surface area (Å²) in [6.07, 6.45) is 0.909. The Morgan fingerprint density at radius 1 is 1.18 bits per heavy atom. The number of benzene rings is 1. The van der Waals surface area contributed by atoms with Gasteiger partial charge in [-0.3, -0.25) is 4.99 Å². The molecule has 2 rings (SSSR count). The van der Waals surface area contributed by atoms with Crippen LogP contribution in [-0.4, -0.2) is 36.6 Å². The van der Waals surface area contributed by atoms with Crippen LogP contribution in [0.5, 0.6) is 0 Å². The first-order valence-electron chi connectivity index (χ1n) is 9.51. The van der Waals surface area contributed by atoms with E-state index in [2.05, 4.69) is 84.8 Å². The van der Waals surface area contributed by atoms with Gasteiger partial charge in [-0.25, -0.2) is 4.98 Å². The smallest absolute Gasteiger partial charge is 0.191 e. The van der Waals surface area contributed by atoms with E-state index in [1.54, 1.807) is 18.4 Å². The Labute approximate surface area is 190 Å². The van der Waals surface area contributed by atoms with Crippen molar-refractivity contribution < 1.29 is 0 Å². The van der Waals surface area contributed by atoms with Crippen LogP contribution in [0.2, 0.25) is 0 Å². The van der Waals surface area contributed by atoms with Crippen LogP contribution in [0, 0.1) is 13.8 Å². The average molecular weight is 516 g/mol. The molecule has 1 aromatic heterocycles. The Morgan fingerprint density at radius 3 is 2.43 bits per heavy atom. The predicted octanol–water partition coefficient (Wildman–Crippen LogP) is 4.21. The molecule has 156 valence electrons. The van der Waals surface area contributed by atoms with Crippen molar-refractivity contribution in [3.05, 3.63) is 51.5 Å². The van der Waals surface area contributed by atoms with Gasteiger partial charge in [-0.2, -0.15) is 0 Å². The summed E-state index contributed by atoms with van der Waals surface area (Å²) in [7, 11) is 1.81. The van der Waals surface area contributed by atoms with Crippen molar-refractivity contribution in [2.24, 2.45) is 4.99 Å². The van der Waals surface area contributed by atoms with Crippen molar-refractivity contribution in [1.82, 2.24) is 20.9 Å². The summed E-state index contributed by atoms with van der Waals surface area (Å²) < 4.78 is 0. The maximum absolute atomic E-state index is 4.59. The average Bonchev–Trinajstić information content (AvgIpc) is 2.96. The number of rotatable bonds is 8. The molecule has 0 fully saturated rings. The Bertz CT molecular complexity index is 723. The fourth-order valence-electron chi connectivity index (χ4n) is 2.92. The van der Waals surface area contributed by atoms with E-state index in [1.807, 2.05) is 6.07 Å². The number of nitrogens with zero attached hydrogens (tertiary/aromatic N) is 2. The molecule has 5 nitrogen and oxygen atoms in total. The van der Waals surface area contributed by atoms with Gasteiger partial charge in [0.1, 0.15) is 0 Å². The first-order chi connectivity index (χ1) is 12.8. The fourth-order valence-corrected chi connectivity index (χ4v) is 3.85. The molecule has 1 atom stereocenters. The number of halogens is 1. The number of thiazole rings is 1. The van der Waals surface area contributed by atoms with Crippen LogP contribution < -0.4 is 16.0 Å². The quantitative estimate of drug-likeness (QED) is 0.280. The highest BCUT2D eigenvalue weighted by Crippen LogP contribution is 2.17. The van der Waals surface area contributed by atoms with Crippen LogP contribution in [0.25, 0.3) is 0 Å². The number of aromatic nitrogens is 1. The fraction of sp³-hybridized carbons (Fsp3) is 0.524. The summed E-state index contributed by atoms with van der Waals surface area (Å²) in [6, 6.07) is 10.8. The second kappa shape index (κ2) is 11.7. The third-order valence-corrected chi connectivity index (χ3v) is 5.66. The van der Waals surface area contributed by atoms with Gasteiger partial charge in [0.05, 0.1) is 10.7 Å². The molecule has 3 N–H and O–H groups in total. The molecule has 0 radical (unpaired) electrons. The monoisotopic (exact) mass is 515 g/mol. The van der Waals surface area contributed by atoms with Crippen LogP contribution in [0.4, 0.5) is 0 Å². The van der Waals surface area contributed by atoms with E-state index in [1.165, 1.54) is 15.4 Å². The largest absolute Gasteiger partial charge is 0.356 e. The van der Waals surface area contributed by atoms with Crippen molar-refractivity contribution in [2.75, 3.05) is 20.1 Å². The number of hydrogen-bond donors (Lipinski definition) is 3. The lowest BCUT2D eigenvalue weighted by molar-refractivity contribution is 0.345. The van der Waals surface area contributed by atoms with Gasteiger partial charge in [-0.05, 0) is 40.2 Å². The number of hydrogen-bond acceptors (Lipinski definition) is 4. The van der Waals surface area contributed by atoms with Crippen LogP contribution in [0.3, 0.4) is 0 Å². The highest BCUT2D eigenvalue weighted by Gasteiger charge is 2.21. The van der Waals surface area contributed by atoms with Crippen LogP contribution >= 0.6 is 35.3 Å². The van der Waals surface area contributed by atoms with Gasteiger partial charge in [0.2, 0.25) is 0 Å². The van der Waals surface area contributed by atoms with Gasteiger partial charge >= 0.3 is 0 Å². The Hall–Kier alpha value is -1.19. The minimum Gasteiger partial charge on any atom is -0.356 e. The Morgan fingerprint density at radius 2 is 1.86 bits per heavy atom. The number of nitrogens with one attached hydrogen (secondary N) is 3. The molecular weight excluding hydrogens is 481 g/mol. The highest BCUT2D eigenvalue weighted by molar-refractivity contribution is 14.0. The number of aliphatic imine (C=N–C) groups is 1. The number of guanidine groups is 1. The second-order valence-electron chi connectivity index (χ2n) is 7.51. The molecule has 1 heterocycles. The van der Waals surface area contributed by atoms with E-state index >= 15 is 0 Å². The van der Waals surface area contributed by atoms with E-state index in [0.717, 1.165) is 31.2 Å². The summed E-state index contributed by atoms with van der Waals surface area (Å²) in [5.41, 5.74) is 2.36. The molecule has 0 bridgehead atoms. The van der Waals surface area contributed by atoms with Gasteiger partial charge in [0.25, 0.3) is 0 Å². The lowest BCUT2D eigenvalue weighted by atomic mass is 10.0. The standard InChI is InChI=1S/C21H33N5S.HI/c1-15-17(3)27-19(25-15)12-13-23-20(22-6)24-14-21(4,5)26-16(2)18-10-8-7-9-11-18;/h7-11,16,26H,12-14H2,1-6H3,(H2,22,23,24);1H. The SMILES string of the molecule is CN=C(NCCc1nc(C)c(C)s1)NCC(C)(C)NC(C)c1ccccc1.I. The summed E-state index contributed by atoms with van der Waals surface area (Å²) in [5.74, 6) is 0.822. The topological polar surface area (TPSA) is 61.3 Å². The summed E-state index contributed by atoms with van der Waals surface area (Å²) in [4.78, 5) is 10.2. The molecule has 28 heavy (non-hydrogen) atoms. The molecule has 0 aliphatic carbocycles. The zero-order chi connectivity index (χ0) is 19.9. The minimum absolute atomic E-state index is 0. The van der Waals surface area contributed by atoms with Crippen molar-refractivity contribution in [3.63, 3.8) is 0 Å². The highest BCUT2D eigenvalue weighted by atomic mass is 127. The molecule has 1 unspecified atom stereocenters. The Balaban J connectivity index is 0.00000392. The third kappa shape index (κ3) is 8.05. The van der Waals surface area contributed by atoms with E-state index in [4.69, 9.17) is 0 Å². The second-order valence-corrected chi connectivity index (χ2v) is 8.80. The van der Waals surface area contributed by atoms with Crippen LogP contribution in [0.1, 0.15) is 48.0 Å². The molecule has 0 aliphatic rings. The maximum Gasteiger partial charge on any atom is 0.191 e. The first kappa shape index (κ1) is 24.8. The molecule has 0 spiro atoms. The molecule has 7 heteroatoms. The number of aryl methyl sites for hydroxylation is 2. The van der Waals surface area contributed by atoms with Gasteiger partial charge in [-0.1, -0.05) is 30.3 Å². The van der Waals surface area contributed by atoms with Gasteiger partial charge < -0.3 is 16.0 Å². The van der Waals surface area contributed by atoms with E-state index < -0.39 is 0 Å². The molecule has 1 aromatic carbocycles. The zero-order valence-corrected chi connectivity index (χ0v) is 20.9. The molecule has 0 aliphatic heterocycles. The van der Waals surface area contributed by atoms with Crippen molar-refractivity contribution in [1.29, 1.82) is 0 Å². The summed E-state index contributed by atoms with van der Waals surface area (Å²) in [6.45, 7) is 12.4. The van der Waals surface area contributed by atoms with Gasteiger partial charge in [-0.15, -0.1) is 35.3 Å². The van der Waals surface area contributed by atoms with Crippen molar-refractivity contribution in [2.45, 2.75) is 52.6 Å². The Kier molecular flexibility index (Phi) is 10.4. The van der Waals surface area contributed by atoms with Gasteiger partial charge in [0, 0.05) is 43.0 Å². The predicted molar refractivity (Wildman–Crippen MR) is 132 cm³/mol. The van der Waals surface area contributed by atoms with Crippen molar-refractivity contribution >= 4 is 41.3 Å². The first-order valence-corrected chi connectivity index (χ1v) is 10.3. The third-order valence-electron chi connectivity index (χ3n) is 4.53. The summed E-state index contributed by atoms with van der Waals surface area (Å²) in [5, 5.41) is 11.7. The lowest BCUT2D eigenvalue weighted by Crippen LogP contribution is -2.52. The molecule has 0 amide bonds. The lowest BCUT2D eigenvalue weighted by Gasteiger charge is -2.31.